The van der Waals surface area contributed by atoms with E-state index in [1.54, 1.807) is 55.6 Å². The Labute approximate surface area is 194 Å². The number of amides is 3. The molecule has 0 aromatic heterocycles. The summed E-state index contributed by atoms with van der Waals surface area (Å²) in [5, 5.41) is 8.77. The number of hydrogen-bond acceptors (Lipinski definition) is 6. The Morgan fingerprint density at radius 2 is 1.53 bits per heavy atom. The first-order valence-corrected chi connectivity index (χ1v) is 10.0. The van der Waals surface area contributed by atoms with Crippen LogP contribution in [0.4, 0.5) is 15.8 Å². The highest BCUT2D eigenvalue weighted by atomic mass is 19.1. The van der Waals surface area contributed by atoms with Crippen molar-refractivity contribution in [3.05, 3.63) is 84.2 Å². The molecule has 174 valence electrons. The lowest BCUT2D eigenvalue weighted by molar-refractivity contribution is -0.136. The standard InChI is InChI=1S/C24H21FN4O5/c1-33-20-12-10-18(11-13-20)27-22(30)15-34-21-5-3-2-4-16(21)14-26-29-24(32)23(31)28-19-8-6-17(25)7-9-19/h2-14H,15H2,1H3,(H,27,30)(H,28,31)(H,29,32)/b26-14-. The van der Waals surface area contributed by atoms with E-state index in [0.29, 0.717) is 22.7 Å². The molecular formula is C24H21FN4O5. The van der Waals surface area contributed by atoms with E-state index in [1.807, 2.05) is 0 Å². The zero-order valence-corrected chi connectivity index (χ0v) is 18.1. The number of anilines is 2. The molecule has 3 aromatic carbocycles. The van der Waals surface area contributed by atoms with Crippen molar-refractivity contribution in [3.63, 3.8) is 0 Å². The normalized spacial score (nSPS) is 10.4. The molecule has 10 heteroatoms. The predicted molar refractivity (Wildman–Crippen MR) is 124 cm³/mol. The number of hydrogen-bond donors (Lipinski definition) is 3. The number of ether oxygens (including phenoxy) is 2. The van der Waals surface area contributed by atoms with Crippen molar-refractivity contribution in [2.24, 2.45) is 5.10 Å². The number of carbonyl (C=O) groups is 3. The highest BCUT2D eigenvalue weighted by Gasteiger charge is 2.13. The van der Waals surface area contributed by atoms with Crippen LogP contribution in [0.1, 0.15) is 5.56 Å². The van der Waals surface area contributed by atoms with Gasteiger partial charge in [0.1, 0.15) is 17.3 Å². The van der Waals surface area contributed by atoms with Crippen molar-refractivity contribution in [2.45, 2.75) is 0 Å². The minimum Gasteiger partial charge on any atom is -0.497 e. The molecule has 0 heterocycles. The third-order valence-electron chi connectivity index (χ3n) is 4.33. The van der Waals surface area contributed by atoms with Crippen LogP contribution >= 0.6 is 0 Å². The number of para-hydroxylation sites is 1. The van der Waals surface area contributed by atoms with Crippen LogP contribution in [-0.4, -0.2) is 37.7 Å². The van der Waals surface area contributed by atoms with Gasteiger partial charge in [-0.05, 0) is 60.7 Å². The topological polar surface area (TPSA) is 118 Å². The third-order valence-corrected chi connectivity index (χ3v) is 4.33. The Morgan fingerprint density at radius 3 is 2.24 bits per heavy atom. The average molecular weight is 464 g/mol. The van der Waals surface area contributed by atoms with Gasteiger partial charge in [-0.3, -0.25) is 14.4 Å². The minimum absolute atomic E-state index is 0.261. The van der Waals surface area contributed by atoms with Crippen molar-refractivity contribution in [1.29, 1.82) is 0 Å². The van der Waals surface area contributed by atoms with Gasteiger partial charge in [-0.1, -0.05) is 12.1 Å². The van der Waals surface area contributed by atoms with E-state index in [1.165, 1.54) is 18.3 Å². The fourth-order valence-electron chi connectivity index (χ4n) is 2.67. The Kier molecular flexibility index (Phi) is 8.28. The maximum atomic E-state index is 12.9. The number of methoxy groups -OCH3 is 1. The summed E-state index contributed by atoms with van der Waals surface area (Å²) in [5.74, 6) is -1.81. The van der Waals surface area contributed by atoms with E-state index in [2.05, 4.69) is 21.2 Å². The lowest BCUT2D eigenvalue weighted by Gasteiger charge is -2.10. The number of nitrogens with one attached hydrogen (secondary N) is 3. The first-order chi connectivity index (χ1) is 16.4. The van der Waals surface area contributed by atoms with Gasteiger partial charge in [0.15, 0.2) is 6.61 Å². The number of nitrogens with zero attached hydrogens (tertiary/aromatic N) is 1. The average Bonchev–Trinajstić information content (AvgIpc) is 2.85. The molecule has 0 fully saturated rings. The molecule has 3 amide bonds. The highest BCUT2D eigenvalue weighted by molar-refractivity contribution is 6.39. The monoisotopic (exact) mass is 464 g/mol. The Balaban J connectivity index is 1.51. The number of rotatable bonds is 8. The van der Waals surface area contributed by atoms with Crippen LogP contribution < -0.4 is 25.5 Å². The highest BCUT2D eigenvalue weighted by Crippen LogP contribution is 2.17. The van der Waals surface area contributed by atoms with Gasteiger partial charge in [-0.25, -0.2) is 9.82 Å². The first-order valence-electron chi connectivity index (χ1n) is 10.0. The van der Waals surface area contributed by atoms with Crippen LogP contribution in [0, 0.1) is 5.82 Å². The summed E-state index contributed by atoms with van der Waals surface area (Å²) in [6.45, 7) is -0.261. The summed E-state index contributed by atoms with van der Waals surface area (Å²) in [6.07, 6.45) is 1.28. The second-order valence-electron chi connectivity index (χ2n) is 6.76. The van der Waals surface area contributed by atoms with Crippen molar-refractivity contribution in [3.8, 4) is 11.5 Å². The summed E-state index contributed by atoms with van der Waals surface area (Å²) < 4.78 is 23.5. The van der Waals surface area contributed by atoms with Gasteiger partial charge < -0.3 is 20.1 Å². The molecule has 0 saturated carbocycles. The lowest BCUT2D eigenvalue weighted by Crippen LogP contribution is -2.32. The third kappa shape index (κ3) is 7.16. The molecule has 0 aliphatic heterocycles. The number of halogens is 1. The van der Waals surface area contributed by atoms with E-state index >= 15 is 0 Å². The van der Waals surface area contributed by atoms with Crippen LogP contribution in [0.3, 0.4) is 0 Å². The molecule has 0 unspecified atom stereocenters. The van der Waals surface area contributed by atoms with Crippen LogP contribution in [0.25, 0.3) is 0 Å². The Morgan fingerprint density at radius 1 is 0.882 bits per heavy atom. The molecule has 9 nitrogen and oxygen atoms in total. The van der Waals surface area contributed by atoms with Gasteiger partial charge in [0, 0.05) is 16.9 Å². The fraction of sp³-hybridized carbons (Fsp3) is 0.0833. The molecule has 3 aromatic rings. The van der Waals surface area contributed by atoms with Crippen molar-refractivity contribution >= 4 is 35.3 Å². The van der Waals surface area contributed by atoms with Gasteiger partial charge in [0.05, 0.1) is 13.3 Å². The molecule has 34 heavy (non-hydrogen) atoms. The van der Waals surface area contributed by atoms with Crippen molar-refractivity contribution in [1.82, 2.24) is 5.43 Å². The fourth-order valence-corrected chi connectivity index (χ4v) is 2.67. The first kappa shape index (κ1) is 23.9. The van der Waals surface area contributed by atoms with Gasteiger partial charge in [0.2, 0.25) is 0 Å². The predicted octanol–water partition coefficient (Wildman–Crippen LogP) is 2.94. The molecule has 3 N–H and O–H groups in total. The van der Waals surface area contributed by atoms with E-state index in [-0.39, 0.29) is 18.2 Å². The van der Waals surface area contributed by atoms with Crippen LogP contribution in [-0.2, 0) is 14.4 Å². The zero-order valence-electron chi connectivity index (χ0n) is 18.1. The molecule has 0 spiro atoms. The quantitative estimate of drug-likeness (QED) is 0.269. The zero-order chi connectivity index (χ0) is 24.3. The second-order valence-corrected chi connectivity index (χ2v) is 6.76. The van der Waals surface area contributed by atoms with Gasteiger partial charge in [0.25, 0.3) is 5.91 Å². The maximum Gasteiger partial charge on any atom is 0.329 e. The van der Waals surface area contributed by atoms with Gasteiger partial charge in [-0.15, -0.1) is 0 Å². The largest absolute Gasteiger partial charge is 0.497 e. The molecule has 0 radical (unpaired) electrons. The van der Waals surface area contributed by atoms with Gasteiger partial charge >= 0.3 is 11.8 Å². The van der Waals surface area contributed by atoms with E-state index in [0.717, 1.165) is 12.1 Å². The van der Waals surface area contributed by atoms with Crippen LogP contribution in [0.2, 0.25) is 0 Å². The van der Waals surface area contributed by atoms with E-state index < -0.39 is 17.6 Å². The second kappa shape index (κ2) is 11.8. The van der Waals surface area contributed by atoms with Crippen molar-refractivity contribution in [2.75, 3.05) is 24.4 Å². The molecule has 0 atom stereocenters. The summed E-state index contributed by atoms with van der Waals surface area (Å²) >= 11 is 0. The summed E-state index contributed by atoms with van der Waals surface area (Å²) in [7, 11) is 1.55. The number of carbonyl (C=O) groups excluding carboxylic acids is 3. The molecule has 0 bridgehead atoms. The lowest BCUT2D eigenvalue weighted by atomic mass is 10.2. The van der Waals surface area contributed by atoms with Crippen molar-refractivity contribution < 1.29 is 28.2 Å². The van der Waals surface area contributed by atoms with Crippen LogP contribution in [0.15, 0.2) is 77.9 Å². The summed E-state index contributed by atoms with van der Waals surface area (Å²) in [5.41, 5.74) is 3.42. The molecular weight excluding hydrogens is 443 g/mol. The maximum absolute atomic E-state index is 12.9. The van der Waals surface area contributed by atoms with Gasteiger partial charge in [-0.2, -0.15) is 5.10 Å². The molecule has 0 saturated heterocycles. The molecule has 0 aliphatic carbocycles. The number of hydrazone groups is 1. The molecule has 0 aliphatic rings. The Bertz CT molecular complexity index is 1180. The smallest absolute Gasteiger partial charge is 0.329 e. The minimum atomic E-state index is -1.02. The number of benzene rings is 3. The van der Waals surface area contributed by atoms with E-state index in [4.69, 9.17) is 9.47 Å². The SMILES string of the molecule is COc1ccc(NC(=O)COc2ccccc2/C=N\NC(=O)C(=O)Nc2ccc(F)cc2)cc1. The summed E-state index contributed by atoms with van der Waals surface area (Å²) in [6, 6.07) is 18.5. The Hall–Kier alpha value is -4.73. The summed E-state index contributed by atoms with van der Waals surface area (Å²) in [4.78, 5) is 36.0. The molecule has 3 rings (SSSR count). The van der Waals surface area contributed by atoms with E-state index in [9.17, 15) is 18.8 Å². The van der Waals surface area contributed by atoms with Crippen LogP contribution in [0.5, 0.6) is 11.5 Å².